The third-order valence-electron chi connectivity index (χ3n) is 2.58. The summed E-state index contributed by atoms with van der Waals surface area (Å²) in [5.41, 5.74) is 0.544. The van der Waals surface area contributed by atoms with E-state index in [4.69, 9.17) is 21.1 Å². The van der Waals surface area contributed by atoms with E-state index in [-0.39, 0.29) is 18.3 Å². The first-order valence-electron chi connectivity index (χ1n) is 5.98. The number of rotatable bonds is 7. The second-order valence-corrected chi connectivity index (χ2v) is 4.35. The highest BCUT2D eigenvalue weighted by Gasteiger charge is 2.12. The molecule has 0 saturated heterocycles. The van der Waals surface area contributed by atoms with Gasteiger partial charge in [0.15, 0.2) is 0 Å². The Bertz CT molecular complexity index is 442. The number of methoxy groups -OCH3 is 2. The molecule has 0 radical (unpaired) electrons. The van der Waals surface area contributed by atoms with E-state index in [2.05, 4.69) is 10.6 Å². The maximum Gasteiger partial charge on any atom is 0.224 e. The summed E-state index contributed by atoms with van der Waals surface area (Å²) in [6.07, 6.45) is 1.21. The molecule has 0 aliphatic heterocycles. The fraction of sp³-hybridized carbons (Fsp3) is 0.462. The molecule has 0 bridgehead atoms. The fourth-order valence-electron chi connectivity index (χ4n) is 1.60. The van der Waals surface area contributed by atoms with Crippen molar-refractivity contribution in [1.29, 1.82) is 0 Å². The van der Waals surface area contributed by atoms with Crippen molar-refractivity contribution >= 4 is 35.6 Å². The zero-order chi connectivity index (χ0) is 14.3. The van der Waals surface area contributed by atoms with E-state index in [9.17, 15) is 4.79 Å². The molecule has 114 valence electrons. The summed E-state index contributed by atoms with van der Waals surface area (Å²) in [7, 11) is 4.90. The second-order valence-electron chi connectivity index (χ2n) is 3.94. The summed E-state index contributed by atoms with van der Waals surface area (Å²) in [4.78, 5) is 11.8. The highest BCUT2D eigenvalue weighted by molar-refractivity contribution is 6.32. The molecular weight excluding hydrogens is 303 g/mol. The van der Waals surface area contributed by atoms with Crippen LogP contribution in [-0.2, 0) is 4.79 Å². The fourth-order valence-corrected chi connectivity index (χ4v) is 1.84. The lowest BCUT2D eigenvalue weighted by Crippen LogP contribution is -2.15. The van der Waals surface area contributed by atoms with Gasteiger partial charge in [0.25, 0.3) is 0 Å². The molecular formula is C13H20Cl2N2O3. The van der Waals surface area contributed by atoms with E-state index in [0.29, 0.717) is 28.6 Å². The molecule has 0 fully saturated rings. The predicted octanol–water partition coefficient (Wildman–Crippen LogP) is 2.72. The number of halogens is 2. The van der Waals surface area contributed by atoms with Gasteiger partial charge in [0.1, 0.15) is 11.5 Å². The topological polar surface area (TPSA) is 59.6 Å². The van der Waals surface area contributed by atoms with Gasteiger partial charge in [-0.15, -0.1) is 12.4 Å². The summed E-state index contributed by atoms with van der Waals surface area (Å²) in [5, 5.41) is 6.20. The number of anilines is 1. The van der Waals surface area contributed by atoms with Gasteiger partial charge in [-0.3, -0.25) is 4.79 Å². The van der Waals surface area contributed by atoms with E-state index in [0.717, 1.165) is 13.0 Å². The minimum atomic E-state index is -0.0743. The molecule has 1 aromatic rings. The molecule has 1 amide bonds. The number of benzene rings is 1. The summed E-state index contributed by atoms with van der Waals surface area (Å²) in [5.74, 6) is 0.949. The SMILES string of the molecule is CNCCCC(=O)Nc1cc(Cl)c(OC)cc1OC.Cl. The van der Waals surface area contributed by atoms with Crippen LogP contribution in [0.2, 0.25) is 5.02 Å². The van der Waals surface area contributed by atoms with Crippen LogP contribution in [0.25, 0.3) is 0 Å². The van der Waals surface area contributed by atoms with Gasteiger partial charge in [-0.1, -0.05) is 11.6 Å². The maximum atomic E-state index is 11.8. The molecule has 7 heteroatoms. The Hall–Kier alpha value is -1.17. The molecule has 5 nitrogen and oxygen atoms in total. The van der Waals surface area contributed by atoms with E-state index in [1.807, 2.05) is 7.05 Å². The molecule has 20 heavy (non-hydrogen) atoms. The number of hydrogen-bond donors (Lipinski definition) is 2. The average Bonchev–Trinajstić information content (AvgIpc) is 2.39. The van der Waals surface area contributed by atoms with Crippen LogP contribution in [0.4, 0.5) is 5.69 Å². The number of carbonyl (C=O) groups excluding carboxylic acids is 1. The first-order chi connectivity index (χ1) is 9.12. The van der Waals surface area contributed by atoms with E-state index in [1.54, 1.807) is 12.1 Å². The van der Waals surface area contributed by atoms with Crippen LogP contribution in [-0.4, -0.2) is 33.7 Å². The standard InChI is InChI=1S/C13H19ClN2O3.ClH/c1-15-6-4-5-13(17)16-10-7-9(14)11(18-2)8-12(10)19-3;/h7-8,15H,4-6H2,1-3H3,(H,16,17);1H. The highest BCUT2D eigenvalue weighted by atomic mass is 35.5. The summed E-state index contributed by atoms with van der Waals surface area (Å²) < 4.78 is 10.3. The number of carbonyl (C=O) groups is 1. The molecule has 1 rings (SSSR count). The third kappa shape index (κ3) is 5.45. The molecule has 1 aromatic carbocycles. The Morgan fingerprint density at radius 3 is 2.45 bits per heavy atom. The van der Waals surface area contributed by atoms with Gasteiger partial charge in [-0.25, -0.2) is 0 Å². The molecule has 0 aliphatic carbocycles. The highest BCUT2D eigenvalue weighted by Crippen LogP contribution is 2.35. The molecule has 0 atom stereocenters. The van der Waals surface area contributed by atoms with Gasteiger partial charge >= 0.3 is 0 Å². The van der Waals surface area contributed by atoms with Crippen LogP contribution in [0, 0.1) is 0 Å². The van der Waals surface area contributed by atoms with Crippen LogP contribution in [0.5, 0.6) is 11.5 Å². The Kier molecular flexibility index (Phi) is 9.12. The van der Waals surface area contributed by atoms with Gasteiger partial charge in [0.2, 0.25) is 5.91 Å². The largest absolute Gasteiger partial charge is 0.495 e. The smallest absolute Gasteiger partial charge is 0.224 e. The minimum absolute atomic E-state index is 0. The number of ether oxygens (including phenoxy) is 2. The number of nitrogens with one attached hydrogen (secondary N) is 2. The molecule has 0 aliphatic rings. The number of hydrogen-bond acceptors (Lipinski definition) is 4. The Morgan fingerprint density at radius 1 is 1.25 bits per heavy atom. The predicted molar refractivity (Wildman–Crippen MR) is 83.6 cm³/mol. The summed E-state index contributed by atoms with van der Waals surface area (Å²) >= 11 is 6.03. The summed E-state index contributed by atoms with van der Waals surface area (Å²) in [6.45, 7) is 0.800. The third-order valence-corrected chi connectivity index (χ3v) is 2.87. The normalized spacial score (nSPS) is 9.60. The van der Waals surface area contributed by atoms with Gasteiger partial charge in [0, 0.05) is 12.5 Å². The van der Waals surface area contributed by atoms with Crippen LogP contribution in [0.3, 0.4) is 0 Å². The molecule has 0 heterocycles. The molecule has 0 unspecified atom stereocenters. The van der Waals surface area contributed by atoms with Gasteiger partial charge in [-0.2, -0.15) is 0 Å². The molecule has 0 aromatic heterocycles. The molecule has 0 saturated carbocycles. The lowest BCUT2D eigenvalue weighted by Gasteiger charge is -2.13. The van der Waals surface area contributed by atoms with Crippen molar-refractivity contribution < 1.29 is 14.3 Å². The zero-order valence-electron chi connectivity index (χ0n) is 11.8. The van der Waals surface area contributed by atoms with Crippen molar-refractivity contribution in [1.82, 2.24) is 5.32 Å². The van der Waals surface area contributed by atoms with Gasteiger partial charge in [-0.05, 0) is 26.1 Å². The maximum absolute atomic E-state index is 11.8. The van der Waals surface area contributed by atoms with Crippen molar-refractivity contribution in [2.75, 3.05) is 33.1 Å². The molecule has 0 spiro atoms. The van der Waals surface area contributed by atoms with Crippen LogP contribution in [0.1, 0.15) is 12.8 Å². The monoisotopic (exact) mass is 322 g/mol. The average molecular weight is 323 g/mol. The van der Waals surface area contributed by atoms with Gasteiger partial charge in [0.05, 0.1) is 24.9 Å². The first kappa shape index (κ1) is 18.8. The Balaban J connectivity index is 0.00000361. The quantitative estimate of drug-likeness (QED) is 0.758. The van der Waals surface area contributed by atoms with Crippen molar-refractivity contribution in [3.8, 4) is 11.5 Å². The van der Waals surface area contributed by atoms with Crippen LogP contribution in [0.15, 0.2) is 12.1 Å². The Morgan fingerprint density at radius 2 is 1.90 bits per heavy atom. The van der Waals surface area contributed by atoms with Crippen molar-refractivity contribution in [2.45, 2.75) is 12.8 Å². The summed E-state index contributed by atoms with van der Waals surface area (Å²) in [6, 6.07) is 3.26. The van der Waals surface area contributed by atoms with Crippen molar-refractivity contribution in [3.63, 3.8) is 0 Å². The molecule has 2 N–H and O–H groups in total. The number of amides is 1. The van der Waals surface area contributed by atoms with Crippen molar-refractivity contribution in [3.05, 3.63) is 17.2 Å². The first-order valence-corrected chi connectivity index (χ1v) is 6.36. The van der Waals surface area contributed by atoms with Crippen molar-refractivity contribution in [2.24, 2.45) is 0 Å². The van der Waals surface area contributed by atoms with Crippen LogP contribution < -0.4 is 20.1 Å². The van der Waals surface area contributed by atoms with Crippen LogP contribution >= 0.6 is 24.0 Å². The lowest BCUT2D eigenvalue weighted by molar-refractivity contribution is -0.116. The van der Waals surface area contributed by atoms with E-state index in [1.165, 1.54) is 14.2 Å². The second kappa shape index (κ2) is 9.69. The lowest BCUT2D eigenvalue weighted by atomic mass is 10.2. The Labute approximate surface area is 130 Å². The van der Waals surface area contributed by atoms with E-state index >= 15 is 0 Å². The van der Waals surface area contributed by atoms with E-state index < -0.39 is 0 Å². The minimum Gasteiger partial charge on any atom is -0.495 e. The van der Waals surface area contributed by atoms with Gasteiger partial charge < -0.3 is 20.1 Å². The zero-order valence-corrected chi connectivity index (χ0v) is 13.4.